The van der Waals surface area contributed by atoms with Crippen molar-refractivity contribution >= 4 is 22.8 Å². The number of imidazole rings is 1. The maximum Gasteiger partial charge on any atom is 0.216 e. The minimum Gasteiger partial charge on any atom is -0.382 e. The van der Waals surface area contributed by atoms with E-state index in [1.165, 1.54) is 6.92 Å². The van der Waals surface area contributed by atoms with Crippen molar-refractivity contribution in [3.8, 4) is 0 Å². The summed E-state index contributed by atoms with van der Waals surface area (Å²) in [5.41, 5.74) is 9.66. The molecule has 0 bridgehead atoms. The lowest BCUT2D eigenvalue weighted by atomic mass is 10.2. The minimum absolute atomic E-state index is 0.0313. The molecule has 0 spiro atoms. The van der Waals surface area contributed by atoms with Gasteiger partial charge in [-0.1, -0.05) is 0 Å². The Morgan fingerprint density at radius 1 is 1.32 bits per heavy atom. The van der Waals surface area contributed by atoms with E-state index in [1.54, 1.807) is 0 Å². The molecule has 0 radical (unpaired) electrons. The third kappa shape index (κ3) is 2.38. The fraction of sp³-hybridized carbons (Fsp3) is 0.462. The molecule has 0 aromatic carbocycles. The molecule has 2 aromatic rings. The fourth-order valence-electron chi connectivity index (χ4n) is 2.23. The van der Waals surface area contributed by atoms with Crippen molar-refractivity contribution in [2.24, 2.45) is 0 Å². The topological polar surface area (TPSA) is 85.8 Å². The fourth-order valence-corrected chi connectivity index (χ4v) is 2.23. The smallest absolute Gasteiger partial charge is 0.216 e. The Morgan fingerprint density at radius 3 is 2.63 bits per heavy atom. The highest BCUT2D eigenvalue weighted by Crippen LogP contribution is 2.25. The second-order valence-corrected chi connectivity index (χ2v) is 4.70. The number of amides is 1. The molecule has 6 heteroatoms. The van der Waals surface area contributed by atoms with E-state index in [2.05, 4.69) is 19.9 Å². The Kier molecular flexibility index (Phi) is 3.42. The summed E-state index contributed by atoms with van der Waals surface area (Å²) in [5.74, 6) is 1.30. The third-order valence-electron chi connectivity index (χ3n) is 3.30. The predicted molar refractivity (Wildman–Crippen MR) is 74.8 cm³/mol. The third-order valence-corrected chi connectivity index (χ3v) is 3.30. The maximum atomic E-state index is 10.9. The summed E-state index contributed by atoms with van der Waals surface area (Å²) in [6, 6.07) is 0. The Labute approximate surface area is 112 Å². The van der Waals surface area contributed by atoms with Crippen LogP contribution in [-0.2, 0) is 11.3 Å². The van der Waals surface area contributed by atoms with Crippen molar-refractivity contribution in [3.63, 3.8) is 0 Å². The summed E-state index contributed by atoms with van der Waals surface area (Å²) in [6.07, 6.45) is 0. The molecule has 0 aliphatic heterocycles. The van der Waals surface area contributed by atoms with E-state index >= 15 is 0 Å². The highest BCUT2D eigenvalue weighted by molar-refractivity contribution is 5.88. The molecule has 0 aliphatic rings. The van der Waals surface area contributed by atoms with E-state index in [0.29, 0.717) is 18.9 Å². The van der Waals surface area contributed by atoms with Crippen molar-refractivity contribution in [2.45, 2.75) is 34.2 Å². The van der Waals surface area contributed by atoms with E-state index in [4.69, 9.17) is 5.73 Å². The molecule has 0 saturated heterocycles. The van der Waals surface area contributed by atoms with Crippen LogP contribution >= 0.6 is 0 Å². The highest BCUT2D eigenvalue weighted by atomic mass is 16.1. The van der Waals surface area contributed by atoms with Gasteiger partial charge in [0.2, 0.25) is 5.91 Å². The number of nitrogens with one attached hydrogen (secondary N) is 1. The zero-order chi connectivity index (χ0) is 14.2. The Hall–Kier alpha value is -2.11. The summed E-state index contributed by atoms with van der Waals surface area (Å²) in [6.45, 7) is 8.64. The number of hydrogen-bond acceptors (Lipinski definition) is 4. The molecule has 0 atom stereocenters. The van der Waals surface area contributed by atoms with E-state index in [1.807, 2.05) is 20.8 Å². The van der Waals surface area contributed by atoms with Gasteiger partial charge in [0.05, 0.1) is 5.52 Å². The first-order valence-electron chi connectivity index (χ1n) is 6.25. The number of fused-ring (bicyclic) bond motifs is 1. The van der Waals surface area contributed by atoms with Gasteiger partial charge in [0.25, 0.3) is 0 Å². The largest absolute Gasteiger partial charge is 0.382 e. The lowest BCUT2D eigenvalue weighted by molar-refractivity contribution is -0.118. The monoisotopic (exact) mass is 261 g/mol. The summed E-state index contributed by atoms with van der Waals surface area (Å²) in [5, 5.41) is 2.79. The molecule has 6 nitrogen and oxygen atoms in total. The van der Waals surface area contributed by atoms with Gasteiger partial charge in [-0.2, -0.15) is 0 Å². The number of rotatable bonds is 3. The molecular formula is C13H19N5O. The average molecular weight is 261 g/mol. The number of anilines is 1. The number of carbonyl (C=O) groups excluding carboxylic acids is 1. The highest BCUT2D eigenvalue weighted by Gasteiger charge is 2.15. The second-order valence-electron chi connectivity index (χ2n) is 4.70. The number of pyridine rings is 1. The lowest BCUT2D eigenvalue weighted by Crippen LogP contribution is -2.24. The van der Waals surface area contributed by atoms with Gasteiger partial charge in [0.15, 0.2) is 5.82 Å². The van der Waals surface area contributed by atoms with Crippen LogP contribution in [0, 0.1) is 20.8 Å². The summed E-state index contributed by atoms with van der Waals surface area (Å²) in [7, 11) is 0. The van der Waals surface area contributed by atoms with Crippen molar-refractivity contribution in [1.29, 1.82) is 0 Å². The van der Waals surface area contributed by atoms with Crippen LogP contribution in [0.2, 0.25) is 0 Å². The van der Waals surface area contributed by atoms with Crippen LogP contribution in [0.5, 0.6) is 0 Å². The van der Waals surface area contributed by atoms with Gasteiger partial charge in [0, 0.05) is 25.7 Å². The van der Waals surface area contributed by atoms with E-state index in [0.717, 1.165) is 28.1 Å². The average Bonchev–Trinajstić information content (AvgIpc) is 2.64. The van der Waals surface area contributed by atoms with Crippen molar-refractivity contribution in [3.05, 3.63) is 17.1 Å². The van der Waals surface area contributed by atoms with Gasteiger partial charge in [-0.3, -0.25) is 4.79 Å². The van der Waals surface area contributed by atoms with Gasteiger partial charge in [-0.15, -0.1) is 0 Å². The van der Waals surface area contributed by atoms with Crippen LogP contribution < -0.4 is 11.1 Å². The van der Waals surface area contributed by atoms with Crippen molar-refractivity contribution < 1.29 is 4.79 Å². The normalized spacial score (nSPS) is 10.9. The number of nitrogen functional groups attached to an aromatic ring is 1. The van der Waals surface area contributed by atoms with E-state index < -0.39 is 0 Å². The molecule has 2 rings (SSSR count). The first-order chi connectivity index (χ1) is 8.91. The Bertz CT molecular complexity index is 644. The number of carbonyl (C=O) groups is 1. The van der Waals surface area contributed by atoms with Crippen LogP contribution in [-0.4, -0.2) is 27.0 Å². The molecule has 1 amide bonds. The summed E-state index contributed by atoms with van der Waals surface area (Å²) in [4.78, 5) is 19.7. The quantitative estimate of drug-likeness (QED) is 0.865. The SMILES string of the molecule is CC(=O)NCCn1c(C)nc2c(N)nc(C)c(C)c21. The van der Waals surface area contributed by atoms with E-state index in [-0.39, 0.29) is 5.91 Å². The van der Waals surface area contributed by atoms with Gasteiger partial charge in [-0.05, 0) is 26.3 Å². The molecule has 0 saturated carbocycles. The minimum atomic E-state index is -0.0313. The Balaban J connectivity index is 2.48. The molecule has 3 N–H and O–H groups in total. The number of nitrogens with zero attached hydrogens (tertiary/aromatic N) is 3. The molecule has 2 aromatic heterocycles. The van der Waals surface area contributed by atoms with Gasteiger partial charge in [0.1, 0.15) is 11.3 Å². The standard InChI is InChI=1S/C13H19N5O/c1-7-8(2)16-13(14)11-12(7)18(9(3)17-11)6-5-15-10(4)19/h5-6H2,1-4H3,(H2,14,16)(H,15,19). The Morgan fingerprint density at radius 2 is 2.00 bits per heavy atom. The molecule has 102 valence electrons. The number of aryl methyl sites for hydroxylation is 3. The first-order valence-corrected chi connectivity index (χ1v) is 6.25. The van der Waals surface area contributed by atoms with Crippen molar-refractivity contribution in [2.75, 3.05) is 12.3 Å². The van der Waals surface area contributed by atoms with E-state index in [9.17, 15) is 4.79 Å². The van der Waals surface area contributed by atoms with Crippen LogP contribution in [0.15, 0.2) is 0 Å². The van der Waals surface area contributed by atoms with Gasteiger partial charge in [-0.25, -0.2) is 9.97 Å². The number of nitrogens with two attached hydrogens (primary N) is 1. The summed E-state index contributed by atoms with van der Waals surface area (Å²) < 4.78 is 2.08. The molecule has 2 heterocycles. The lowest BCUT2D eigenvalue weighted by Gasteiger charge is -2.10. The second kappa shape index (κ2) is 4.87. The predicted octanol–water partition coefficient (Wildman–Crippen LogP) is 1.07. The molecule has 19 heavy (non-hydrogen) atoms. The molecule has 0 unspecified atom stereocenters. The van der Waals surface area contributed by atoms with Crippen LogP contribution in [0.4, 0.5) is 5.82 Å². The zero-order valence-corrected chi connectivity index (χ0v) is 11.7. The summed E-state index contributed by atoms with van der Waals surface area (Å²) >= 11 is 0. The maximum absolute atomic E-state index is 10.9. The van der Waals surface area contributed by atoms with Crippen LogP contribution in [0.1, 0.15) is 24.0 Å². The first kappa shape index (κ1) is 13.3. The molecule has 0 fully saturated rings. The van der Waals surface area contributed by atoms with Gasteiger partial charge >= 0.3 is 0 Å². The van der Waals surface area contributed by atoms with Crippen molar-refractivity contribution in [1.82, 2.24) is 19.9 Å². The number of aromatic nitrogens is 3. The molecular weight excluding hydrogens is 242 g/mol. The zero-order valence-electron chi connectivity index (χ0n) is 11.7. The molecule has 0 aliphatic carbocycles. The number of hydrogen-bond donors (Lipinski definition) is 2. The van der Waals surface area contributed by atoms with Crippen LogP contribution in [0.3, 0.4) is 0 Å². The van der Waals surface area contributed by atoms with Crippen LogP contribution in [0.25, 0.3) is 11.0 Å². The van der Waals surface area contributed by atoms with Gasteiger partial charge < -0.3 is 15.6 Å².